The van der Waals surface area contributed by atoms with E-state index in [9.17, 15) is 23.3 Å². The molecule has 0 aliphatic carbocycles. The van der Waals surface area contributed by atoms with Gasteiger partial charge in [0.15, 0.2) is 0 Å². The van der Waals surface area contributed by atoms with Crippen LogP contribution in [0, 0.1) is 10.1 Å². The molecular formula is C25H33N3O7S. The van der Waals surface area contributed by atoms with Crippen LogP contribution in [0.25, 0.3) is 0 Å². The van der Waals surface area contributed by atoms with E-state index in [-0.39, 0.29) is 23.5 Å². The van der Waals surface area contributed by atoms with Crippen LogP contribution in [-0.2, 0) is 14.8 Å². The maximum absolute atomic E-state index is 13.7. The first-order valence-corrected chi connectivity index (χ1v) is 13.7. The largest absolute Gasteiger partial charge is 0.495 e. The van der Waals surface area contributed by atoms with Gasteiger partial charge in [-0.2, -0.15) is 0 Å². The molecule has 1 aliphatic heterocycles. The van der Waals surface area contributed by atoms with E-state index in [1.807, 2.05) is 38.1 Å². The highest BCUT2D eigenvalue weighted by atomic mass is 32.2. The number of para-hydroxylation sites is 1. The summed E-state index contributed by atoms with van der Waals surface area (Å²) in [7, 11) is -2.70. The zero-order chi connectivity index (χ0) is 26.7. The fraction of sp³-hybridized carbons (Fsp3) is 0.480. The van der Waals surface area contributed by atoms with E-state index in [4.69, 9.17) is 9.47 Å². The van der Waals surface area contributed by atoms with Crippen LogP contribution in [0.4, 0.5) is 11.4 Å². The molecule has 2 aromatic carbocycles. The van der Waals surface area contributed by atoms with Crippen LogP contribution in [-0.4, -0.2) is 44.3 Å². The minimum absolute atomic E-state index is 0.0694. The summed E-state index contributed by atoms with van der Waals surface area (Å²) in [5.74, 6) is 0.273. The topological polar surface area (TPSA) is 128 Å². The highest BCUT2D eigenvalue weighted by molar-refractivity contribution is 7.92. The van der Waals surface area contributed by atoms with Gasteiger partial charge in [0.25, 0.3) is 5.69 Å². The molecule has 0 spiro atoms. The Morgan fingerprint density at radius 3 is 2.47 bits per heavy atom. The van der Waals surface area contributed by atoms with Crippen molar-refractivity contribution in [3.8, 4) is 11.5 Å². The van der Waals surface area contributed by atoms with Gasteiger partial charge in [0.2, 0.25) is 15.9 Å². The van der Waals surface area contributed by atoms with E-state index in [2.05, 4.69) is 5.32 Å². The molecule has 196 valence electrons. The molecule has 1 aliphatic rings. The second kappa shape index (κ2) is 10.7. The SMILES string of the molecule is CC[C@@H](C(=O)N[C@H]1CC(CC)(CC)Oc2ccccc21)N(c1cc([N+](=O)[O-])ccc1OC)S(C)(=O)=O. The Bertz CT molecular complexity index is 1230. The molecule has 1 amide bonds. The number of anilines is 1. The summed E-state index contributed by atoms with van der Waals surface area (Å²) in [6.45, 7) is 5.75. The van der Waals surface area contributed by atoms with Gasteiger partial charge in [-0.15, -0.1) is 0 Å². The number of fused-ring (bicyclic) bond motifs is 1. The summed E-state index contributed by atoms with van der Waals surface area (Å²) in [5.41, 5.74) is -0.0332. The smallest absolute Gasteiger partial charge is 0.271 e. The van der Waals surface area contributed by atoms with Crippen LogP contribution in [0.15, 0.2) is 42.5 Å². The van der Waals surface area contributed by atoms with Crippen molar-refractivity contribution in [2.75, 3.05) is 17.7 Å². The molecule has 0 saturated heterocycles. The van der Waals surface area contributed by atoms with Gasteiger partial charge >= 0.3 is 0 Å². The van der Waals surface area contributed by atoms with Crippen molar-refractivity contribution in [3.63, 3.8) is 0 Å². The molecular weight excluding hydrogens is 486 g/mol. The van der Waals surface area contributed by atoms with Gasteiger partial charge in [-0.05, 0) is 31.4 Å². The lowest BCUT2D eigenvalue weighted by Crippen LogP contribution is -2.52. The normalized spacial score (nSPS) is 17.3. The summed E-state index contributed by atoms with van der Waals surface area (Å²) in [4.78, 5) is 24.5. The number of amides is 1. The molecule has 1 N–H and O–H groups in total. The molecule has 10 nitrogen and oxygen atoms in total. The zero-order valence-electron chi connectivity index (χ0n) is 21.2. The summed E-state index contributed by atoms with van der Waals surface area (Å²) in [5, 5.41) is 14.4. The minimum atomic E-state index is -4.04. The maximum Gasteiger partial charge on any atom is 0.271 e. The Balaban J connectivity index is 2.04. The van der Waals surface area contributed by atoms with E-state index >= 15 is 0 Å². The number of hydrogen-bond acceptors (Lipinski definition) is 7. The van der Waals surface area contributed by atoms with Crippen LogP contribution in [0.5, 0.6) is 11.5 Å². The number of ether oxygens (including phenoxy) is 2. The van der Waals surface area contributed by atoms with Gasteiger partial charge < -0.3 is 14.8 Å². The van der Waals surface area contributed by atoms with Crippen LogP contribution in [0.1, 0.15) is 58.1 Å². The molecule has 2 aromatic rings. The first-order chi connectivity index (χ1) is 17.0. The van der Waals surface area contributed by atoms with Crippen molar-refractivity contribution < 1.29 is 27.6 Å². The van der Waals surface area contributed by atoms with E-state index < -0.39 is 38.5 Å². The lowest BCUT2D eigenvalue weighted by atomic mass is 9.83. The van der Waals surface area contributed by atoms with Crippen molar-refractivity contribution in [3.05, 3.63) is 58.1 Å². The zero-order valence-corrected chi connectivity index (χ0v) is 22.0. The Kier molecular flexibility index (Phi) is 8.12. The molecule has 0 unspecified atom stereocenters. The standard InChI is InChI=1S/C25H33N3O7S/c1-6-20(27(36(5,32)33)21-15-17(28(30)31)13-14-23(21)34-4)24(29)26-19-16-25(7-2,8-3)35-22-12-10-9-11-18(19)22/h9-15,19-20H,6-8,16H2,1-5H3,(H,26,29)/t19-,20-/m0/s1. The van der Waals surface area contributed by atoms with E-state index in [1.165, 1.54) is 19.2 Å². The van der Waals surface area contributed by atoms with E-state index in [1.54, 1.807) is 6.92 Å². The second-order valence-electron chi connectivity index (χ2n) is 8.89. The number of carbonyl (C=O) groups excluding carboxylic acids is 1. The van der Waals surface area contributed by atoms with Gasteiger partial charge in [0.05, 0.1) is 24.3 Å². The predicted molar refractivity (Wildman–Crippen MR) is 137 cm³/mol. The second-order valence-corrected chi connectivity index (χ2v) is 10.8. The Hall–Kier alpha value is -3.34. The molecule has 3 rings (SSSR count). The number of nitrogens with zero attached hydrogens (tertiary/aromatic N) is 2. The third-order valence-electron chi connectivity index (χ3n) is 6.74. The average molecular weight is 520 g/mol. The molecule has 0 fully saturated rings. The quantitative estimate of drug-likeness (QED) is 0.365. The van der Waals surface area contributed by atoms with Crippen LogP contribution >= 0.6 is 0 Å². The fourth-order valence-corrected chi connectivity index (χ4v) is 5.90. The first kappa shape index (κ1) is 27.3. The number of nitro benzene ring substituents is 1. The van der Waals surface area contributed by atoms with Crippen LogP contribution in [0.3, 0.4) is 0 Å². The van der Waals surface area contributed by atoms with Gasteiger partial charge in [-0.25, -0.2) is 8.42 Å². The number of rotatable bonds is 10. The fourth-order valence-electron chi connectivity index (χ4n) is 4.70. The maximum atomic E-state index is 13.7. The van der Waals surface area contributed by atoms with E-state index in [0.717, 1.165) is 35.0 Å². The lowest BCUT2D eigenvalue weighted by molar-refractivity contribution is -0.384. The van der Waals surface area contributed by atoms with E-state index in [0.29, 0.717) is 12.2 Å². The Labute approximate surface area is 211 Å². The number of carbonyl (C=O) groups is 1. The van der Waals surface area contributed by atoms with Crippen molar-refractivity contribution in [1.29, 1.82) is 0 Å². The monoisotopic (exact) mass is 519 g/mol. The molecule has 0 aromatic heterocycles. The van der Waals surface area contributed by atoms with Crippen molar-refractivity contribution in [2.45, 2.75) is 64.1 Å². The number of sulfonamides is 1. The lowest BCUT2D eigenvalue weighted by Gasteiger charge is -2.42. The third kappa shape index (κ3) is 5.40. The Morgan fingerprint density at radius 2 is 1.92 bits per heavy atom. The highest BCUT2D eigenvalue weighted by Crippen LogP contribution is 2.43. The van der Waals surface area contributed by atoms with Crippen molar-refractivity contribution in [1.82, 2.24) is 5.32 Å². The van der Waals surface area contributed by atoms with Crippen molar-refractivity contribution in [2.24, 2.45) is 0 Å². The number of nitrogens with one attached hydrogen (secondary N) is 1. The summed E-state index contributed by atoms with van der Waals surface area (Å²) in [6.07, 6.45) is 3.09. The third-order valence-corrected chi connectivity index (χ3v) is 7.91. The van der Waals surface area contributed by atoms with Gasteiger partial charge in [-0.1, -0.05) is 39.0 Å². The van der Waals surface area contributed by atoms with Gasteiger partial charge in [0.1, 0.15) is 28.8 Å². The minimum Gasteiger partial charge on any atom is -0.495 e. The number of non-ortho nitro benzene ring substituents is 1. The van der Waals surface area contributed by atoms with Crippen molar-refractivity contribution >= 4 is 27.3 Å². The predicted octanol–water partition coefficient (Wildman–Crippen LogP) is 4.35. The molecule has 1 heterocycles. The van der Waals surface area contributed by atoms with Crippen LogP contribution in [0.2, 0.25) is 0 Å². The van der Waals surface area contributed by atoms with Gasteiger partial charge in [-0.3, -0.25) is 19.2 Å². The molecule has 11 heteroatoms. The summed E-state index contributed by atoms with van der Waals surface area (Å²) >= 11 is 0. The molecule has 0 radical (unpaired) electrons. The summed E-state index contributed by atoms with van der Waals surface area (Å²) in [6, 6.07) is 9.57. The molecule has 0 bridgehead atoms. The number of nitro groups is 1. The highest BCUT2D eigenvalue weighted by Gasteiger charge is 2.41. The molecule has 36 heavy (non-hydrogen) atoms. The molecule has 0 saturated carbocycles. The average Bonchev–Trinajstić information content (AvgIpc) is 2.85. The van der Waals surface area contributed by atoms with Gasteiger partial charge in [0, 0.05) is 24.1 Å². The number of benzene rings is 2. The number of hydrogen-bond donors (Lipinski definition) is 1. The summed E-state index contributed by atoms with van der Waals surface area (Å²) < 4.78 is 38.5. The molecule has 2 atom stereocenters. The first-order valence-electron chi connectivity index (χ1n) is 11.9. The van der Waals surface area contributed by atoms with Crippen LogP contribution < -0.4 is 19.1 Å². The number of methoxy groups -OCH3 is 1. The Morgan fingerprint density at radius 1 is 1.25 bits per heavy atom.